The number of amides is 4. The molecule has 0 bridgehead atoms. The van der Waals surface area contributed by atoms with Crippen molar-refractivity contribution in [3.8, 4) is 0 Å². The molecule has 270 valence electrons. The largest absolute Gasteiger partial charge is 0.480 e. The zero-order valence-electron chi connectivity index (χ0n) is 28.0. The maximum absolute atomic E-state index is 13.1. The van der Waals surface area contributed by atoms with Crippen molar-refractivity contribution in [1.29, 1.82) is 0 Å². The van der Waals surface area contributed by atoms with Crippen LogP contribution < -0.4 is 20.9 Å². The zero-order valence-corrected chi connectivity index (χ0v) is 28.7. The number of hydrogen-bond donors (Lipinski definition) is 6. The second kappa shape index (κ2) is 18.9. The molecule has 3 rings (SSSR count). The lowest BCUT2D eigenvalue weighted by molar-refractivity contribution is -0.148. The second-order valence-electron chi connectivity index (χ2n) is 11.6. The number of halogens is 1. The Balaban J connectivity index is 1.65. The highest BCUT2D eigenvalue weighted by atomic mass is 35.5. The Morgan fingerprint density at radius 3 is 2.04 bits per heavy atom. The van der Waals surface area contributed by atoms with E-state index in [0.29, 0.717) is 41.0 Å². The summed E-state index contributed by atoms with van der Waals surface area (Å²) in [6.45, 7) is 3.19. The average Bonchev–Trinajstić information content (AvgIpc) is 3.08. The molecule has 0 aliphatic heterocycles. The van der Waals surface area contributed by atoms with E-state index >= 15 is 0 Å². The summed E-state index contributed by atoms with van der Waals surface area (Å²) < 4.78 is 0. The van der Waals surface area contributed by atoms with Crippen LogP contribution in [0.1, 0.15) is 60.2 Å². The summed E-state index contributed by atoms with van der Waals surface area (Å²) in [6.07, 6.45) is 1.19. The molecule has 4 amide bonds. The predicted octanol–water partition coefficient (Wildman–Crippen LogP) is 3.50. The van der Waals surface area contributed by atoms with Crippen molar-refractivity contribution in [2.24, 2.45) is 0 Å². The van der Waals surface area contributed by atoms with Crippen LogP contribution in [0.25, 0.3) is 0 Å². The van der Waals surface area contributed by atoms with Gasteiger partial charge >= 0.3 is 23.8 Å². The maximum Gasteiger partial charge on any atom is 0.395 e. The van der Waals surface area contributed by atoms with Crippen molar-refractivity contribution >= 4 is 64.5 Å². The number of carboxylic acids is 3. The monoisotopic (exact) mass is 722 g/mol. The van der Waals surface area contributed by atoms with Crippen LogP contribution >= 0.6 is 11.6 Å². The number of aromatic carboxylic acids is 1. The molecule has 14 nitrogen and oxygen atoms in total. The Bertz CT molecular complexity index is 1780. The number of nitrogens with one attached hydrogen (secondary N) is 3. The standard InChI is InChI=1S/C36H39ClN4O10/c1-3-24-18-23(13-16-29(24)41(33(45)36(50)51)30-9-5-4-8-26(30)34(46)47)20-27(39-21(2)42)32(44)38-17-7-6-10-31(43)40-28(35(48)49)19-22-11-14-25(37)15-12-22/h4-5,8-9,11-16,18,27-28H,3,6-7,10,17,19-20H2,1-2H3,(H,38,44)(H,39,42)(H,40,43)(H,46,47)(H,48,49)(H,50,51). The fourth-order valence-corrected chi connectivity index (χ4v) is 5.45. The van der Waals surface area contributed by atoms with Crippen LogP contribution in [0.2, 0.25) is 5.02 Å². The summed E-state index contributed by atoms with van der Waals surface area (Å²) >= 11 is 5.87. The lowest BCUT2D eigenvalue weighted by atomic mass is 9.99. The van der Waals surface area contributed by atoms with Crippen molar-refractivity contribution in [3.63, 3.8) is 0 Å². The van der Waals surface area contributed by atoms with Crippen molar-refractivity contribution < 1.29 is 48.9 Å². The second-order valence-corrected chi connectivity index (χ2v) is 12.0. The summed E-state index contributed by atoms with van der Waals surface area (Å²) in [5, 5.41) is 37.2. The summed E-state index contributed by atoms with van der Waals surface area (Å²) in [5.74, 6) is -7.10. The molecule has 6 N–H and O–H groups in total. The summed E-state index contributed by atoms with van der Waals surface area (Å²) in [6, 6.07) is 14.7. The highest BCUT2D eigenvalue weighted by molar-refractivity contribution is 6.39. The quantitative estimate of drug-likeness (QED) is 0.0880. The minimum atomic E-state index is -1.79. The van der Waals surface area contributed by atoms with Crippen LogP contribution in [-0.2, 0) is 48.0 Å². The molecule has 15 heteroatoms. The molecule has 0 aromatic heterocycles. The number of hydrogen-bond acceptors (Lipinski definition) is 7. The Kier molecular flexibility index (Phi) is 14.7. The van der Waals surface area contributed by atoms with Gasteiger partial charge in [0.25, 0.3) is 0 Å². The van der Waals surface area contributed by atoms with Crippen LogP contribution in [0, 0.1) is 0 Å². The van der Waals surface area contributed by atoms with Gasteiger partial charge in [-0.05, 0) is 66.3 Å². The van der Waals surface area contributed by atoms with Gasteiger partial charge < -0.3 is 31.3 Å². The molecule has 0 spiro atoms. The molecule has 0 aliphatic carbocycles. The first-order chi connectivity index (χ1) is 24.2. The van der Waals surface area contributed by atoms with Crippen molar-refractivity contribution in [2.75, 3.05) is 11.4 Å². The molecule has 2 atom stereocenters. The number of para-hydroxylation sites is 1. The molecular weight excluding hydrogens is 684 g/mol. The van der Waals surface area contributed by atoms with Crippen molar-refractivity contribution in [2.45, 2.75) is 64.5 Å². The Hall–Kier alpha value is -5.76. The van der Waals surface area contributed by atoms with Gasteiger partial charge in [-0.3, -0.25) is 24.1 Å². The number of carbonyl (C=O) groups is 7. The van der Waals surface area contributed by atoms with Gasteiger partial charge in [0.1, 0.15) is 12.1 Å². The topological polar surface area (TPSA) is 220 Å². The van der Waals surface area contributed by atoms with Crippen LogP contribution in [0.5, 0.6) is 0 Å². The number of aliphatic carboxylic acids is 2. The Morgan fingerprint density at radius 1 is 0.784 bits per heavy atom. The minimum absolute atomic E-state index is 0.0277. The number of nitrogens with zero attached hydrogens (tertiary/aromatic N) is 1. The Labute approximate surface area is 298 Å². The highest BCUT2D eigenvalue weighted by Crippen LogP contribution is 2.33. The van der Waals surface area contributed by atoms with E-state index in [9.17, 15) is 48.9 Å². The minimum Gasteiger partial charge on any atom is -0.480 e. The summed E-state index contributed by atoms with van der Waals surface area (Å²) in [4.78, 5) is 86.6. The van der Waals surface area contributed by atoms with Crippen LogP contribution in [0.4, 0.5) is 11.4 Å². The SMILES string of the molecule is CCc1cc(CC(NC(C)=O)C(=O)NCCCCC(=O)NC(Cc2ccc(Cl)cc2)C(=O)O)ccc1N(C(=O)C(=O)O)c1ccccc1C(=O)O. The number of rotatable bonds is 17. The van der Waals surface area contributed by atoms with Gasteiger partial charge in [0.2, 0.25) is 17.7 Å². The molecule has 3 aromatic carbocycles. The molecule has 0 aliphatic rings. The summed E-state index contributed by atoms with van der Waals surface area (Å²) in [5.41, 5.74) is 1.49. The molecule has 0 saturated heterocycles. The average molecular weight is 723 g/mol. The molecule has 0 heterocycles. The summed E-state index contributed by atoms with van der Waals surface area (Å²) in [7, 11) is 0. The number of unbranched alkanes of at least 4 members (excludes halogenated alkanes) is 1. The van der Waals surface area contributed by atoms with Crippen LogP contribution in [0.3, 0.4) is 0 Å². The third kappa shape index (κ3) is 11.7. The number of aryl methyl sites for hydroxylation is 1. The fourth-order valence-electron chi connectivity index (χ4n) is 5.32. The van der Waals surface area contributed by atoms with Gasteiger partial charge in [-0.1, -0.05) is 54.9 Å². The lowest BCUT2D eigenvalue weighted by Crippen LogP contribution is -2.47. The normalized spacial score (nSPS) is 11.8. The van der Waals surface area contributed by atoms with Crippen LogP contribution in [-0.4, -0.2) is 75.5 Å². The fraction of sp³-hybridized carbons (Fsp3) is 0.306. The molecule has 2 unspecified atom stereocenters. The Morgan fingerprint density at radius 2 is 1.43 bits per heavy atom. The molecular formula is C36H39ClN4O10. The van der Waals surface area contributed by atoms with Crippen molar-refractivity contribution in [1.82, 2.24) is 16.0 Å². The number of anilines is 2. The van der Waals surface area contributed by atoms with Crippen molar-refractivity contribution in [3.05, 3.63) is 94.0 Å². The van der Waals surface area contributed by atoms with E-state index in [4.69, 9.17) is 11.6 Å². The first-order valence-corrected chi connectivity index (χ1v) is 16.4. The van der Waals surface area contributed by atoms with Gasteiger partial charge in [0, 0.05) is 37.8 Å². The van der Waals surface area contributed by atoms with Gasteiger partial charge in [-0.2, -0.15) is 0 Å². The number of carboxylic acid groups (broad SMARTS) is 3. The smallest absolute Gasteiger partial charge is 0.395 e. The lowest BCUT2D eigenvalue weighted by Gasteiger charge is -2.26. The first kappa shape index (κ1) is 39.7. The molecule has 3 aromatic rings. The third-order valence-corrected chi connectivity index (χ3v) is 8.03. The van der Waals surface area contributed by atoms with E-state index in [1.807, 2.05) is 0 Å². The van der Waals surface area contributed by atoms with E-state index in [2.05, 4.69) is 16.0 Å². The van der Waals surface area contributed by atoms with Gasteiger partial charge in [0.05, 0.1) is 16.9 Å². The van der Waals surface area contributed by atoms with Gasteiger partial charge in [0.15, 0.2) is 0 Å². The van der Waals surface area contributed by atoms with E-state index in [0.717, 1.165) is 4.90 Å². The van der Waals surface area contributed by atoms with E-state index in [-0.39, 0.29) is 42.7 Å². The van der Waals surface area contributed by atoms with E-state index in [1.165, 1.54) is 37.3 Å². The maximum atomic E-state index is 13.1. The van der Waals surface area contributed by atoms with E-state index < -0.39 is 53.6 Å². The zero-order chi connectivity index (χ0) is 37.7. The number of carbonyl (C=O) groups excluding carboxylic acids is 4. The molecule has 0 fully saturated rings. The number of benzene rings is 3. The molecule has 0 radical (unpaired) electrons. The molecule has 51 heavy (non-hydrogen) atoms. The predicted molar refractivity (Wildman–Crippen MR) is 187 cm³/mol. The first-order valence-electron chi connectivity index (χ1n) is 16.0. The highest BCUT2D eigenvalue weighted by Gasteiger charge is 2.30. The third-order valence-electron chi connectivity index (χ3n) is 7.78. The van der Waals surface area contributed by atoms with Crippen LogP contribution in [0.15, 0.2) is 66.7 Å². The molecule has 0 saturated carbocycles. The van der Waals surface area contributed by atoms with Gasteiger partial charge in [-0.15, -0.1) is 0 Å². The van der Waals surface area contributed by atoms with E-state index in [1.54, 1.807) is 43.3 Å². The van der Waals surface area contributed by atoms with Gasteiger partial charge in [-0.25, -0.2) is 14.4 Å².